The average Bonchev–Trinajstić information content (AvgIpc) is 3.05. The van der Waals surface area contributed by atoms with Crippen molar-refractivity contribution >= 4 is 17.2 Å². The number of fused-ring (bicyclic) bond motifs is 1. The van der Waals surface area contributed by atoms with Gasteiger partial charge in [-0.2, -0.15) is 11.3 Å². The van der Waals surface area contributed by atoms with Gasteiger partial charge in [0.1, 0.15) is 0 Å². The van der Waals surface area contributed by atoms with Gasteiger partial charge < -0.3 is 9.64 Å². The van der Waals surface area contributed by atoms with Gasteiger partial charge in [-0.3, -0.25) is 9.69 Å². The van der Waals surface area contributed by atoms with Crippen LogP contribution in [0.3, 0.4) is 0 Å². The number of thiophene rings is 1. The molecule has 1 aromatic heterocycles. The quantitative estimate of drug-likeness (QED) is 0.849. The van der Waals surface area contributed by atoms with Crippen LogP contribution in [-0.4, -0.2) is 55.1 Å². The summed E-state index contributed by atoms with van der Waals surface area (Å²) in [5.41, 5.74) is 1.40. The second-order valence-electron chi connectivity index (χ2n) is 6.11. The number of hydrogen-bond donors (Lipinski definition) is 0. The van der Waals surface area contributed by atoms with Crippen molar-refractivity contribution in [1.82, 2.24) is 9.80 Å². The molecule has 0 unspecified atom stereocenters. The number of likely N-dealkylation sites (tertiary alicyclic amines) is 1. The molecule has 20 heavy (non-hydrogen) atoms. The fourth-order valence-electron chi connectivity index (χ4n) is 3.23. The van der Waals surface area contributed by atoms with Crippen LogP contribution in [-0.2, 0) is 16.1 Å². The molecule has 110 valence electrons. The third-order valence-electron chi connectivity index (χ3n) is 4.28. The second-order valence-corrected chi connectivity index (χ2v) is 6.89. The summed E-state index contributed by atoms with van der Waals surface area (Å²) in [5, 5.41) is 4.35. The molecule has 0 spiro atoms. The highest BCUT2D eigenvalue weighted by molar-refractivity contribution is 7.07. The van der Waals surface area contributed by atoms with Gasteiger partial charge in [0.25, 0.3) is 0 Å². The molecule has 0 bridgehead atoms. The molecule has 0 aliphatic carbocycles. The van der Waals surface area contributed by atoms with Crippen LogP contribution in [0.15, 0.2) is 16.8 Å². The van der Waals surface area contributed by atoms with Crippen molar-refractivity contribution in [1.29, 1.82) is 0 Å². The maximum Gasteiger partial charge on any atom is 0.224 e. The van der Waals surface area contributed by atoms with Gasteiger partial charge >= 0.3 is 0 Å². The molecule has 0 radical (unpaired) electrons. The lowest BCUT2D eigenvalue weighted by Crippen LogP contribution is -2.29. The predicted molar refractivity (Wildman–Crippen MR) is 79.7 cm³/mol. The largest absolute Gasteiger partial charge is 0.373 e. The summed E-state index contributed by atoms with van der Waals surface area (Å²) < 4.78 is 6.07. The third-order valence-corrected chi connectivity index (χ3v) is 5.01. The maximum atomic E-state index is 11.7. The van der Waals surface area contributed by atoms with Crippen molar-refractivity contribution in [2.45, 2.75) is 31.6 Å². The molecular weight excluding hydrogens is 272 g/mol. The SMILES string of the molecule is CN(C)C(=O)C[C@@H]1C[C@@H]2CN(Cc3ccsc3)C[C@@H]2O1. The molecule has 1 aromatic rings. The van der Waals surface area contributed by atoms with Gasteiger partial charge in [-0.1, -0.05) is 0 Å². The average molecular weight is 294 g/mol. The van der Waals surface area contributed by atoms with Crippen LogP contribution in [0.25, 0.3) is 0 Å². The lowest BCUT2D eigenvalue weighted by Gasteiger charge is -2.19. The number of ether oxygens (including phenoxy) is 1. The molecule has 1 amide bonds. The molecule has 2 fully saturated rings. The monoisotopic (exact) mass is 294 g/mol. The summed E-state index contributed by atoms with van der Waals surface area (Å²) in [6.45, 7) is 3.14. The molecular formula is C15H22N2O2S. The highest BCUT2D eigenvalue weighted by Gasteiger charge is 2.42. The smallest absolute Gasteiger partial charge is 0.224 e. The van der Waals surface area contributed by atoms with Crippen molar-refractivity contribution in [3.05, 3.63) is 22.4 Å². The Hall–Kier alpha value is -0.910. The van der Waals surface area contributed by atoms with Gasteiger partial charge in [0.15, 0.2) is 0 Å². The Labute approximate surface area is 124 Å². The van der Waals surface area contributed by atoms with E-state index in [0.717, 1.165) is 26.1 Å². The molecule has 0 saturated carbocycles. The lowest BCUT2D eigenvalue weighted by molar-refractivity contribution is -0.131. The van der Waals surface area contributed by atoms with E-state index in [9.17, 15) is 4.79 Å². The fraction of sp³-hybridized carbons (Fsp3) is 0.667. The summed E-state index contributed by atoms with van der Waals surface area (Å²) >= 11 is 1.75. The van der Waals surface area contributed by atoms with E-state index in [2.05, 4.69) is 21.7 Å². The number of nitrogens with zero attached hydrogens (tertiary/aromatic N) is 2. The highest BCUT2D eigenvalue weighted by Crippen LogP contribution is 2.35. The molecule has 5 heteroatoms. The molecule has 0 aromatic carbocycles. The van der Waals surface area contributed by atoms with Crippen LogP contribution in [0.5, 0.6) is 0 Å². The van der Waals surface area contributed by atoms with Crippen LogP contribution in [0, 0.1) is 5.92 Å². The van der Waals surface area contributed by atoms with E-state index in [1.807, 2.05) is 0 Å². The molecule has 3 heterocycles. The van der Waals surface area contributed by atoms with E-state index in [-0.39, 0.29) is 12.0 Å². The van der Waals surface area contributed by atoms with Gasteiger partial charge in [0, 0.05) is 39.6 Å². The van der Waals surface area contributed by atoms with Crippen molar-refractivity contribution in [2.24, 2.45) is 5.92 Å². The first-order valence-electron chi connectivity index (χ1n) is 7.21. The molecule has 2 aliphatic rings. The minimum atomic E-state index is 0.128. The Morgan fingerprint density at radius 2 is 2.35 bits per heavy atom. The zero-order valence-corrected chi connectivity index (χ0v) is 12.9. The fourth-order valence-corrected chi connectivity index (χ4v) is 3.89. The van der Waals surface area contributed by atoms with Crippen molar-refractivity contribution < 1.29 is 9.53 Å². The second kappa shape index (κ2) is 5.84. The Morgan fingerprint density at radius 3 is 3.00 bits per heavy atom. The summed E-state index contributed by atoms with van der Waals surface area (Å²) in [6, 6.07) is 2.19. The van der Waals surface area contributed by atoms with E-state index in [1.54, 1.807) is 30.3 Å². The van der Waals surface area contributed by atoms with Crippen LogP contribution in [0.4, 0.5) is 0 Å². The first-order chi connectivity index (χ1) is 9.61. The predicted octanol–water partition coefficient (Wildman–Crippen LogP) is 1.82. The Kier molecular flexibility index (Phi) is 4.10. The van der Waals surface area contributed by atoms with E-state index in [4.69, 9.17) is 4.74 Å². The van der Waals surface area contributed by atoms with E-state index in [1.165, 1.54) is 5.56 Å². The van der Waals surface area contributed by atoms with E-state index < -0.39 is 0 Å². The van der Waals surface area contributed by atoms with Crippen LogP contribution < -0.4 is 0 Å². The number of hydrogen-bond acceptors (Lipinski definition) is 4. The first-order valence-corrected chi connectivity index (χ1v) is 8.15. The highest BCUT2D eigenvalue weighted by atomic mass is 32.1. The number of amides is 1. The molecule has 3 rings (SSSR count). The van der Waals surface area contributed by atoms with E-state index in [0.29, 0.717) is 18.4 Å². The van der Waals surface area contributed by atoms with Crippen LogP contribution in [0.2, 0.25) is 0 Å². The maximum absolute atomic E-state index is 11.7. The van der Waals surface area contributed by atoms with Crippen LogP contribution in [0.1, 0.15) is 18.4 Å². The van der Waals surface area contributed by atoms with Gasteiger partial charge in [0.2, 0.25) is 5.91 Å². The van der Waals surface area contributed by atoms with Gasteiger partial charge in [0.05, 0.1) is 18.6 Å². The minimum Gasteiger partial charge on any atom is -0.373 e. The number of carbonyl (C=O) groups is 1. The number of carbonyl (C=O) groups excluding carboxylic acids is 1. The molecule has 4 nitrogen and oxygen atoms in total. The van der Waals surface area contributed by atoms with Gasteiger partial charge in [-0.25, -0.2) is 0 Å². The molecule has 2 saturated heterocycles. The topological polar surface area (TPSA) is 32.8 Å². The summed E-state index contributed by atoms with van der Waals surface area (Å²) in [7, 11) is 3.61. The van der Waals surface area contributed by atoms with Crippen molar-refractivity contribution in [3.63, 3.8) is 0 Å². The molecule has 0 N–H and O–H groups in total. The van der Waals surface area contributed by atoms with Gasteiger partial charge in [-0.05, 0) is 28.8 Å². The Bertz CT molecular complexity index is 446. The summed E-state index contributed by atoms with van der Waals surface area (Å²) in [4.78, 5) is 15.9. The Balaban J connectivity index is 1.48. The molecule has 3 atom stereocenters. The Morgan fingerprint density at radius 1 is 1.50 bits per heavy atom. The third kappa shape index (κ3) is 3.05. The standard InChI is InChI=1S/C15H22N2O2S/c1-16(2)15(18)6-13-5-12-8-17(9-14(12)19-13)7-11-3-4-20-10-11/h3-4,10,12-14H,5-9H2,1-2H3/t12-,13+,14+/m1/s1. The normalized spacial score (nSPS) is 29.6. The number of rotatable bonds is 4. The molecule has 2 aliphatic heterocycles. The summed E-state index contributed by atoms with van der Waals surface area (Å²) in [5.74, 6) is 0.777. The first kappa shape index (κ1) is 14.0. The zero-order chi connectivity index (χ0) is 14.1. The van der Waals surface area contributed by atoms with Crippen LogP contribution >= 0.6 is 11.3 Å². The lowest BCUT2D eigenvalue weighted by atomic mass is 10.0. The van der Waals surface area contributed by atoms with Crippen molar-refractivity contribution in [2.75, 3.05) is 27.2 Å². The van der Waals surface area contributed by atoms with Gasteiger partial charge in [-0.15, -0.1) is 0 Å². The summed E-state index contributed by atoms with van der Waals surface area (Å²) in [6.07, 6.45) is 2.02. The minimum absolute atomic E-state index is 0.128. The zero-order valence-electron chi connectivity index (χ0n) is 12.1. The van der Waals surface area contributed by atoms with E-state index >= 15 is 0 Å². The van der Waals surface area contributed by atoms with Crippen molar-refractivity contribution in [3.8, 4) is 0 Å².